The molecule has 0 fully saturated rings. The standard InChI is InChI=1S/C30H30N2O10/c1-20-16-32(29(37)31-27(20)35)24-13-12-23(42-24)19-40-26(34)15-30(38,28(36)41-18-22-10-6-3-7-11-22)14-25(33)39-17-21-8-4-2-5-9-21/h2-13,16,23-24,38H,14-15,17-19H2,1H3,(H,31,35,37)/t23-,24+,30?/m0/s1. The quantitative estimate of drug-likeness (QED) is 0.184. The first-order chi connectivity index (χ1) is 20.1. The number of hydrogen-bond acceptors (Lipinski definition) is 10. The van der Waals surface area contributed by atoms with Crippen molar-refractivity contribution in [2.45, 2.75) is 50.9 Å². The van der Waals surface area contributed by atoms with Gasteiger partial charge in [0.25, 0.3) is 5.56 Å². The molecule has 3 atom stereocenters. The van der Waals surface area contributed by atoms with E-state index in [-0.39, 0.29) is 19.8 Å². The van der Waals surface area contributed by atoms with Gasteiger partial charge >= 0.3 is 23.6 Å². The van der Waals surface area contributed by atoms with Crippen LogP contribution < -0.4 is 11.2 Å². The molecule has 0 saturated carbocycles. The summed E-state index contributed by atoms with van der Waals surface area (Å²) in [6, 6.07) is 17.5. The van der Waals surface area contributed by atoms with E-state index in [1.54, 1.807) is 72.8 Å². The summed E-state index contributed by atoms with van der Waals surface area (Å²) in [4.78, 5) is 64.2. The smallest absolute Gasteiger partial charge is 0.339 e. The van der Waals surface area contributed by atoms with E-state index in [9.17, 15) is 29.1 Å². The van der Waals surface area contributed by atoms with E-state index in [2.05, 4.69) is 4.98 Å². The molecule has 0 spiro atoms. The first-order valence-electron chi connectivity index (χ1n) is 13.1. The number of aliphatic hydroxyl groups is 1. The minimum absolute atomic E-state index is 0.0936. The normalized spacial score (nSPS) is 17.3. The molecule has 3 aromatic rings. The fraction of sp³-hybridized carbons (Fsp3) is 0.300. The molecular formula is C30H30N2O10. The van der Waals surface area contributed by atoms with Crippen molar-refractivity contribution >= 4 is 17.9 Å². The fourth-order valence-corrected chi connectivity index (χ4v) is 4.07. The third kappa shape index (κ3) is 8.12. The van der Waals surface area contributed by atoms with E-state index in [0.717, 1.165) is 0 Å². The Morgan fingerprint density at radius 3 is 2.07 bits per heavy atom. The van der Waals surface area contributed by atoms with E-state index < -0.39 is 59.9 Å². The highest BCUT2D eigenvalue weighted by molar-refractivity contribution is 5.90. The SMILES string of the molecule is Cc1cn([C@H]2C=C[C@@H](COC(=O)CC(O)(CC(=O)OCc3ccccc3)C(=O)OCc3ccccc3)O2)c(=O)[nH]c1=O. The van der Waals surface area contributed by atoms with Gasteiger partial charge in [-0.25, -0.2) is 9.59 Å². The van der Waals surface area contributed by atoms with Crippen LogP contribution in [0.15, 0.2) is 88.6 Å². The number of aromatic nitrogens is 2. The summed E-state index contributed by atoms with van der Waals surface area (Å²) in [6.45, 7) is 0.943. The second-order valence-corrected chi connectivity index (χ2v) is 9.70. The number of aryl methyl sites for hydroxylation is 1. The van der Waals surface area contributed by atoms with Crippen molar-refractivity contribution in [1.82, 2.24) is 9.55 Å². The lowest BCUT2D eigenvalue weighted by Gasteiger charge is -2.24. The molecule has 220 valence electrons. The number of nitrogens with one attached hydrogen (secondary N) is 1. The molecule has 2 heterocycles. The van der Waals surface area contributed by atoms with Crippen molar-refractivity contribution in [2.24, 2.45) is 0 Å². The number of H-pyrrole nitrogens is 1. The number of esters is 3. The van der Waals surface area contributed by atoms with E-state index in [0.29, 0.717) is 16.7 Å². The predicted molar refractivity (Wildman–Crippen MR) is 147 cm³/mol. The topological polar surface area (TPSA) is 163 Å². The van der Waals surface area contributed by atoms with Gasteiger partial charge in [0.2, 0.25) is 0 Å². The number of rotatable bonds is 12. The van der Waals surface area contributed by atoms with E-state index >= 15 is 0 Å². The van der Waals surface area contributed by atoms with Gasteiger partial charge in [0, 0.05) is 11.8 Å². The van der Waals surface area contributed by atoms with Crippen molar-refractivity contribution in [2.75, 3.05) is 6.61 Å². The van der Waals surface area contributed by atoms with Crippen LogP contribution in [-0.2, 0) is 46.5 Å². The average Bonchev–Trinajstić information content (AvgIpc) is 3.45. The zero-order valence-corrected chi connectivity index (χ0v) is 22.8. The van der Waals surface area contributed by atoms with Crippen molar-refractivity contribution in [3.63, 3.8) is 0 Å². The number of ether oxygens (including phenoxy) is 4. The van der Waals surface area contributed by atoms with E-state index in [4.69, 9.17) is 18.9 Å². The number of carbonyl (C=O) groups is 3. The number of aromatic amines is 1. The zero-order valence-electron chi connectivity index (χ0n) is 22.8. The Labute approximate surface area is 240 Å². The Balaban J connectivity index is 1.36. The summed E-state index contributed by atoms with van der Waals surface area (Å²) < 4.78 is 22.5. The zero-order chi connectivity index (χ0) is 30.1. The lowest BCUT2D eigenvalue weighted by molar-refractivity contribution is -0.179. The summed E-state index contributed by atoms with van der Waals surface area (Å²) in [7, 11) is 0. The third-order valence-electron chi connectivity index (χ3n) is 6.34. The lowest BCUT2D eigenvalue weighted by atomic mass is 9.95. The maximum absolute atomic E-state index is 12.9. The number of carbonyl (C=O) groups excluding carboxylic acids is 3. The van der Waals surface area contributed by atoms with Crippen LogP contribution >= 0.6 is 0 Å². The molecule has 0 bridgehead atoms. The van der Waals surface area contributed by atoms with Gasteiger partial charge < -0.3 is 24.1 Å². The van der Waals surface area contributed by atoms with Crippen molar-refractivity contribution in [1.29, 1.82) is 0 Å². The molecule has 0 amide bonds. The number of hydrogen-bond donors (Lipinski definition) is 2. The molecular weight excluding hydrogens is 548 g/mol. The molecule has 2 N–H and O–H groups in total. The van der Waals surface area contributed by atoms with Crippen LogP contribution in [0.25, 0.3) is 0 Å². The van der Waals surface area contributed by atoms with Crippen LogP contribution in [0.5, 0.6) is 0 Å². The second kappa shape index (κ2) is 13.7. The third-order valence-corrected chi connectivity index (χ3v) is 6.34. The molecule has 1 aromatic heterocycles. The molecule has 1 aliphatic heterocycles. The highest BCUT2D eigenvalue weighted by atomic mass is 16.6. The van der Waals surface area contributed by atoms with Crippen molar-refractivity contribution in [3.05, 3.63) is 117 Å². The minimum Gasteiger partial charge on any atom is -0.462 e. The van der Waals surface area contributed by atoms with Crippen molar-refractivity contribution < 1.29 is 38.4 Å². The largest absolute Gasteiger partial charge is 0.462 e. The van der Waals surface area contributed by atoms with Crippen LogP contribution in [-0.4, -0.2) is 50.9 Å². The molecule has 1 unspecified atom stereocenters. The minimum atomic E-state index is -2.56. The monoisotopic (exact) mass is 578 g/mol. The van der Waals surface area contributed by atoms with Gasteiger partial charge in [-0.3, -0.25) is 23.9 Å². The predicted octanol–water partition coefficient (Wildman–Crippen LogP) is 1.84. The number of benzene rings is 2. The van der Waals surface area contributed by atoms with Gasteiger partial charge in [-0.2, -0.15) is 0 Å². The Morgan fingerprint density at radius 1 is 0.881 bits per heavy atom. The summed E-state index contributed by atoms with van der Waals surface area (Å²) >= 11 is 0. The second-order valence-electron chi connectivity index (χ2n) is 9.70. The molecule has 12 heteroatoms. The summed E-state index contributed by atoms with van der Waals surface area (Å²) in [5.74, 6) is -3.11. The maximum atomic E-state index is 12.9. The molecule has 42 heavy (non-hydrogen) atoms. The van der Waals surface area contributed by atoms with Crippen LogP contribution in [0.2, 0.25) is 0 Å². The first-order valence-corrected chi connectivity index (χ1v) is 13.1. The van der Waals surface area contributed by atoms with Crippen molar-refractivity contribution in [3.8, 4) is 0 Å². The van der Waals surface area contributed by atoms with Gasteiger partial charge in [-0.15, -0.1) is 0 Å². The van der Waals surface area contributed by atoms with E-state index in [1.807, 2.05) is 0 Å². The molecule has 12 nitrogen and oxygen atoms in total. The summed E-state index contributed by atoms with van der Waals surface area (Å²) in [5, 5.41) is 11.2. The Hall–Kier alpha value is -4.81. The summed E-state index contributed by atoms with van der Waals surface area (Å²) in [5.41, 5.74) is -2.10. The summed E-state index contributed by atoms with van der Waals surface area (Å²) in [6.07, 6.45) is 1.12. The van der Waals surface area contributed by atoms with Gasteiger partial charge in [-0.05, 0) is 24.1 Å². The van der Waals surface area contributed by atoms with Gasteiger partial charge in [0.1, 0.15) is 25.9 Å². The van der Waals surface area contributed by atoms with Gasteiger partial charge in [-0.1, -0.05) is 66.7 Å². The molecule has 2 aromatic carbocycles. The lowest BCUT2D eigenvalue weighted by Crippen LogP contribution is -2.45. The molecule has 0 saturated heterocycles. The van der Waals surface area contributed by atoms with E-state index in [1.165, 1.54) is 17.7 Å². The molecule has 0 aliphatic carbocycles. The van der Waals surface area contributed by atoms with Gasteiger partial charge in [0.05, 0.1) is 12.8 Å². The number of nitrogens with zero attached hydrogens (tertiary/aromatic N) is 1. The maximum Gasteiger partial charge on any atom is 0.339 e. The fourth-order valence-electron chi connectivity index (χ4n) is 4.07. The first kappa shape index (κ1) is 30.2. The van der Waals surface area contributed by atoms with Crippen LogP contribution in [0.3, 0.4) is 0 Å². The van der Waals surface area contributed by atoms with Crippen LogP contribution in [0.1, 0.15) is 35.8 Å². The van der Waals surface area contributed by atoms with Crippen LogP contribution in [0.4, 0.5) is 0 Å². The molecule has 0 radical (unpaired) electrons. The Bertz CT molecular complexity index is 1550. The highest BCUT2D eigenvalue weighted by Gasteiger charge is 2.43. The Morgan fingerprint density at radius 2 is 1.45 bits per heavy atom. The Kier molecular flexibility index (Phi) is 9.84. The molecule has 1 aliphatic rings. The highest BCUT2D eigenvalue weighted by Crippen LogP contribution is 2.23. The van der Waals surface area contributed by atoms with Gasteiger partial charge in [0.15, 0.2) is 11.8 Å². The average molecular weight is 579 g/mol. The molecule has 4 rings (SSSR count). The van der Waals surface area contributed by atoms with Crippen LogP contribution in [0, 0.1) is 6.92 Å².